The van der Waals surface area contributed by atoms with E-state index in [-0.39, 0.29) is 42.6 Å². The van der Waals surface area contributed by atoms with Crippen molar-refractivity contribution in [3.63, 3.8) is 0 Å². The molecule has 0 radical (unpaired) electrons. The zero-order valence-corrected chi connectivity index (χ0v) is 32.5. The summed E-state index contributed by atoms with van der Waals surface area (Å²) in [6.45, 7) is 0.834. The molecule has 4 aromatic carbocycles. The summed E-state index contributed by atoms with van der Waals surface area (Å²) in [5.41, 5.74) is 6.05. The summed E-state index contributed by atoms with van der Waals surface area (Å²) in [7, 11) is 4.36. The largest absolute Gasteiger partial charge is 0.493 e. The normalized spacial score (nSPS) is 16.9. The van der Waals surface area contributed by atoms with Gasteiger partial charge in [0.15, 0.2) is 23.0 Å². The van der Waals surface area contributed by atoms with Crippen molar-refractivity contribution in [2.75, 3.05) is 49.7 Å². The Kier molecular flexibility index (Phi) is 10.8. The molecule has 4 aromatic rings. The number of rotatable bonds is 14. The number of aliphatic imine (C=N–C) groups is 2. The first-order chi connectivity index (χ1) is 28.3. The fraction of sp³-hybridized carbons (Fsp3) is 0.318. The number of carbonyl (C=O) groups is 4. The Labute approximate surface area is 335 Å². The molecule has 0 saturated carbocycles. The van der Waals surface area contributed by atoms with Crippen molar-refractivity contribution in [2.24, 2.45) is 9.98 Å². The highest BCUT2D eigenvalue weighted by Crippen LogP contribution is 2.43. The Morgan fingerprint density at radius 1 is 0.672 bits per heavy atom. The number of ether oxygens (including phenoxy) is 5. The van der Waals surface area contributed by atoms with Gasteiger partial charge in [0.25, 0.3) is 11.8 Å². The summed E-state index contributed by atoms with van der Waals surface area (Å²) in [5, 5.41) is 2.81. The number of hydrogen-bond acceptors (Lipinski definition) is 11. The zero-order chi connectivity index (χ0) is 40.3. The molecule has 4 aliphatic rings. The van der Waals surface area contributed by atoms with Crippen molar-refractivity contribution in [3.8, 4) is 23.0 Å². The molecule has 14 heteroatoms. The van der Waals surface area contributed by atoms with Crippen LogP contribution in [-0.2, 0) is 27.2 Å². The first-order valence-electron chi connectivity index (χ1n) is 19.3. The number of carbonyl (C=O) groups excluding carboxylic acids is 4. The molecule has 1 N–H and O–H groups in total. The molecule has 0 unspecified atom stereocenters. The molecule has 298 valence electrons. The van der Waals surface area contributed by atoms with Crippen molar-refractivity contribution in [1.29, 1.82) is 0 Å². The summed E-state index contributed by atoms with van der Waals surface area (Å²) >= 11 is 0. The van der Waals surface area contributed by atoms with E-state index in [1.165, 1.54) is 14.2 Å². The fourth-order valence-corrected chi connectivity index (χ4v) is 7.78. The number of para-hydroxylation sites is 1. The number of hydrogen-bond donors (Lipinski definition) is 1. The van der Waals surface area contributed by atoms with Gasteiger partial charge in [-0.1, -0.05) is 24.3 Å². The number of benzene rings is 4. The molecule has 0 saturated heterocycles. The van der Waals surface area contributed by atoms with Crippen LogP contribution in [0.15, 0.2) is 76.7 Å². The fourth-order valence-electron chi connectivity index (χ4n) is 7.78. The molecule has 58 heavy (non-hydrogen) atoms. The Hall–Kier alpha value is -6.70. The van der Waals surface area contributed by atoms with E-state index >= 15 is 0 Å². The van der Waals surface area contributed by atoms with E-state index in [0.29, 0.717) is 76.5 Å². The summed E-state index contributed by atoms with van der Waals surface area (Å²) in [6.07, 6.45) is 7.14. The van der Waals surface area contributed by atoms with Crippen LogP contribution in [0.4, 0.5) is 28.4 Å². The van der Waals surface area contributed by atoms with Crippen LogP contribution in [0.1, 0.15) is 63.9 Å². The predicted molar refractivity (Wildman–Crippen MR) is 218 cm³/mol. The number of nitrogens with zero attached hydrogens (tertiary/aromatic N) is 4. The highest BCUT2D eigenvalue weighted by atomic mass is 16.5. The molecule has 4 heterocycles. The van der Waals surface area contributed by atoms with Gasteiger partial charge in [-0.2, -0.15) is 0 Å². The highest BCUT2D eigenvalue weighted by molar-refractivity contribution is 6.16. The smallest absolute Gasteiger partial charge is 0.306 e. The minimum Gasteiger partial charge on any atom is -0.493 e. The molecule has 0 aromatic heterocycles. The quantitative estimate of drug-likeness (QED) is 0.107. The standard InChI is InChI=1S/C44H43N5O9/c1-54-37-20-31-33(45-24-29-17-26-9-5-6-10-35(26)48(29)43(31)52)22-39(37)57-15-7-4-8-16-58-40-23-34-32(21-38(40)55-2)44(53)49-30(25-46-34)18-27-11-12-28(19-36(27)49)47-41(50)13-14-42(51)56-3/h5-6,9-12,19-25,29-30H,4,7-8,13-18H2,1-3H3,(H,47,50)/t29-,30-/m0/s1. The molecule has 8 rings (SSSR count). The SMILES string of the molecule is COC(=O)CCC(=O)Nc1ccc2c(c1)N1C(=O)c3cc(OC)c(OCCCCCOc4cc5c(cc4OC)C(=O)N4c6ccccc6C[C@H]4C=N5)cc3N=C[C@@H]1C2. The van der Waals surface area contributed by atoms with Crippen LogP contribution < -0.4 is 34.1 Å². The summed E-state index contributed by atoms with van der Waals surface area (Å²) in [6, 6.07) is 19.8. The predicted octanol–water partition coefficient (Wildman–Crippen LogP) is 6.80. The van der Waals surface area contributed by atoms with E-state index in [1.54, 1.807) is 54.6 Å². The van der Waals surface area contributed by atoms with Crippen molar-refractivity contribution < 1.29 is 42.9 Å². The molecule has 4 aliphatic heterocycles. The molecular formula is C44H43N5O9. The molecule has 2 atom stereocenters. The van der Waals surface area contributed by atoms with Crippen LogP contribution in [-0.4, -0.2) is 82.7 Å². The van der Waals surface area contributed by atoms with Crippen LogP contribution in [0.3, 0.4) is 0 Å². The van der Waals surface area contributed by atoms with Gasteiger partial charge in [0, 0.05) is 55.2 Å². The van der Waals surface area contributed by atoms with Crippen LogP contribution in [0.25, 0.3) is 0 Å². The summed E-state index contributed by atoms with van der Waals surface area (Å²) < 4.78 is 28.2. The Morgan fingerprint density at radius 2 is 1.24 bits per heavy atom. The van der Waals surface area contributed by atoms with Gasteiger partial charge in [-0.05, 0) is 60.7 Å². The summed E-state index contributed by atoms with van der Waals surface area (Å²) in [5.74, 6) is 0.741. The second-order valence-corrected chi connectivity index (χ2v) is 14.3. The van der Waals surface area contributed by atoms with E-state index in [1.807, 2.05) is 41.4 Å². The van der Waals surface area contributed by atoms with Crippen molar-refractivity contribution in [3.05, 3.63) is 89.0 Å². The van der Waals surface area contributed by atoms with Gasteiger partial charge in [-0.15, -0.1) is 0 Å². The summed E-state index contributed by atoms with van der Waals surface area (Å²) in [4.78, 5) is 64.6. The van der Waals surface area contributed by atoms with Crippen molar-refractivity contribution in [1.82, 2.24) is 0 Å². The number of anilines is 3. The number of amides is 3. The maximum atomic E-state index is 14.1. The van der Waals surface area contributed by atoms with Gasteiger partial charge in [0.05, 0.1) is 81.2 Å². The zero-order valence-electron chi connectivity index (χ0n) is 32.5. The first-order valence-corrected chi connectivity index (χ1v) is 19.3. The molecule has 0 bridgehead atoms. The Morgan fingerprint density at radius 3 is 1.83 bits per heavy atom. The maximum absolute atomic E-state index is 14.1. The average molecular weight is 786 g/mol. The van der Waals surface area contributed by atoms with Gasteiger partial charge in [0.1, 0.15) is 0 Å². The number of esters is 1. The van der Waals surface area contributed by atoms with E-state index in [9.17, 15) is 19.2 Å². The van der Waals surface area contributed by atoms with Crippen molar-refractivity contribution in [2.45, 2.75) is 57.0 Å². The lowest BCUT2D eigenvalue weighted by atomic mass is 10.1. The topological polar surface area (TPSA) is 158 Å². The Balaban J connectivity index is 0.859. The minimum absolute atomic E-state index is 0.0174. The number of unbranched alkanes of at least 4 members (excludes halogenated alkanes) is 2. The first kappa shape index (κ1) is 38.2. The third-order valence-electron chi connectivity index (χ3n) is 10.7. The number of fused-ring (bicyclic) bond motifs is 8. The van der Waals surface area contributed by atoms with Gasteiger partial charge in [-0.25, -0.2) is 0 Å². The second kappa shape index (κ2) is 16.4. The lowest BCUT2D eigenvalue weighted by molar-refractivity contribution is -0.141. The molecule has 14 nitrogen and oxygen atoms in total. The van der Waals surface area contributed by atoms with Crippen LogP contribution >= 0.6 is 0 Å². The van der Waals surface area contributed by atoms with Crippen LogP contribution in [0.5, 0.6) is 23.0 Å². The molecule has 0 fully saturated rings. The van der Waals surface area contributed by atoms with Crippen LogP contribution in [0, 0.1) is 0 Å². The average Bonchev–Trinajstić information content (AvgIpc) is 3.72. The van der Waals surface area contributed by atoms with E-state index in [4.69, 9.17) is 28.9 Å². The van der Waals surface area contributed by atoms with E-state index < -0.39 is 5.97 Å². The monoisotopic (exact) mass is 785 g/mol. The lowest BCUT2D eigenvalue weighted by Gasteiger charge is -2.22. The third kappa shape index (κ3) is 7.44. The highest BCUT2D eigenvalue weighted by Gasteiger charge is 2.38. The molecular weight excluding hydrogens is 743 g/mol. The second-order valence-electron chi connectivity index (χ2n) is 14.3. The van der Waals surface area contributed by atoms with Gasteiger partial charge < -0.3 is 29.0 Å². The number of nitrogens with one attached hydrogen (secondary N) is 1. The van der Waals surface area contributed by atoms with Crippen molar-refractivity contribution >= 4 is 64.6 Å². The molecule has 0 spiro atoms. The number of methoxy groups -OCH3 is 3. The minimum atomic E-state index is -0.463. The van der Waals surface area contributed by atoms with E-state index in [0.717, 1.165) is 42.5 Å². The third-order valence-corrected chi connectivity index (χ3v) is 10.7. The maximum Gasteiger partial charge on any atom is 0.306 e. The molecule has 0 aliphatic carbocycles. The van der Waals surface area contributed by atoms with Gasteiger partial charge in [-0.3, -0.25) is 39.0 Å². The molecule has 3 amide bonds. The lowest BCUT2D eigenvalue weighted by Crippen LogP contribution is -2.37. The van der Waals surface area contributed by atoms with Gasteiger partial charge in [0.2, 0.25) is 5.91 Å². The Bertz CT molecular complexity index is 2360. The van der Waals surface area contributed by atoms with Crippen LogP contribution in [0.2, 0.25) is 0 Å². The van der Waals surface area contributed by atoms with E-state index in [2.05, 4.69) is 10.1 Å². The van der Waals surface area contributed by atoms with Gasteiger partial charge >= 0.3 is 5.97 Å².